The molecule has 0 saturated heterocycles. The molecule has 2 rings (SSSR count). The summed E-state index contributed by atoms with van der Waals surface area (Å²) in [4.78, 5) is 11.8. The summed E-state index contributed by atoms with van der Waals surface area (Å²) in [6.45, 7) is 4.60. The van der Waals surface area contributed by atoms with Crippen LogP contribution in [0.15, 0.2) is 18.2 Å². The first-order chi connectivity index (χ1) is 9.51. The molecule has 1 aromatic rings. The molecule has 0 radical (unpaired) electrons. The Bertz CT molecular complexity index is 489. The molecule has 1 aliphatic rings. The Morgan fingerprint density at radius 2 is 2.05 bits per heavy atom. The van der Waals surface area contributed by atoms with Crippen molar-refractivity contribution in [1.29, 1.82) is 0 Å². The molecule has 0 aromatic heterocycles. The Morgan fingerprint density at radius 3 is 2.70 bits per heavy atom. The normalized spacial score (nSPS) is 26.1. The second kappa shape index (κ2) is 6.49. The van der Waals surface area contributed by atoms with Crippen molar-refractivity contribution in [3.8, 4) is 0 Å². The van der Waals surface area contributed by atoms with E-state index in [0.29, 0.717) is 22.5 Å². The van der Waals surface area contributed by atoms with Gasteiger partial charge in [-0.15, -0.1) is 0 Å². The maximum Gasteiger partial charge on any atom is 0.340 e. The lowest BCUT2D eigenvalue weighted by atomic mass is 9.79. The van der Waals surface area contributed by atoms with Crippen LogP contribution in [-0.2, 0) is 4.74 Å². The fourth-order valence-electron chi connectivity index (χ4n) is 2.82. The van der Waals surface area contributed by atoms with Crippen LogP contribution in [0.25, 0.3) is 0 Å². The van der Waals surface area contributed by atoms with Crippen LogP contribution in [0.4, 0.5) is 5.69 Å². The third kappa shape index (κ3) is 3.45. The molecule has 1 fully saturated rings. The molecule has 20 heavy (non-hydrogen) atoms. The number of methoxy groups -OCH3 is 1. The summed E-state index contributed by atoms with van der Waals surface area (Å²) in [5.74, 6) is 1.13. The molecule has 0 amide bonds. The largest absolute Gasteiger partial charge is 0.465 e. The number of nitrogens with one attached hydrogen (secondary N) is 1. The Balaban J connectivity index is 2.15. The summed E-state index contributed by atoms with van der Waals surface area (Å²) < 4.78 is 4.82. The fraction of sp³-hybridized carbons (Fsp3) is 0.562. The Kier molecular flexibility index (Phi) is 4.92. The van der Waals surface area contributed by atoms with E-state index < -0.39 is 0 Å². The van der Waals surface area contributed by atoms with Crippen LogP contribution < -0.4 is 5.32 Å². The molecule has 110 valence electrons. The minimum Gasteiger partial charge on any atom is -0.465 e. The standard InChI is InChI=1S/C16H22ClNO2/c1-10-4-6-13(8-11(10)2)18-15-7-5-12(17)9-14(15)16(19)20-3/h5,7,9-11,13,18H,4,6,8H2,1-3H3. The van der Waals surface area contributed by atoms with Crippen molar-refractivity contribution in [3.63, 3.8) is 0 Å². The highest BCUT2D eigenvalue weighted by Gasteiger charge is 2.25. The molecule has 0 bridgehead atoms. The molecule has 1 aliphatic carbocycles. The van der Waals surface area contributed by atoms with Gasteiger partial charge in [-0.05, 0) is 49.3 Å². The molecular weight excluding hydrogens is 274 g/mol. The minimum atomic E-state index is -0.354. The molecule has 0 aliphatic heterocycles. The molecule has 0 heterocycles. The predicted octanol–water partition coefficient (Wildman–Crippen LogP) is 4.36. The molecule has 3 nitrogen and oxygen atoms in total. The number of hydrogen-bond acceptors (Lipinski definition) is 3. The number of rotatable bonds is 3. The van der Waals surface area contributed by atoms with Gasteiger partial charge in [-0.2, -0.15) is 0 Å². The van der Waals surface area contributed by atoms with Gasteiger partial charge >= 0.3 is 5.97 Å². The van der Waals surface area contributed by atoms with E-state index in [2.05, 4.69) is 19.2 Å². The first-order valence-electron chi connectivity index (χ1n) is 7.15. The topological polar surface area (TPSA) is 38.3 Å². The molecule has 3 unspecified atom stereocenters. The van der Waals surface area contributed by atoms with Crippen molar-refractivity contribution in [3.05, 3.63) is 28.8 Å². The number of carbonyl (C=O) groups excluding carboxylic acids is 1. The van der Waals surface area contributed by atoms with Crippen LogP contribution >= 0.6 is 11.6 Å². The van der Waals surface area contributed by atoms with E-state index in [9.17, 15) is 4.79 Å². The van der Waals surface area contributed by atoms with Gasteiger partial charge in [0.05, 0.1) is 12.7 Å². The lowest BCUT2D eigenvalue weighted by Crippen LogP contribution is -2.30. The summed E-state index contributed by atoms with van der Waals surface area (Å²) >= 11 is 5.97. The van der Waals surface area contributed by atoms with Crippen LogP contribution in [0.5, 0.6) is 0 Å². The Hall–Kier alpha value is -1.22. The second-order valence-corrected chi connectivity index (χ2v) is 6.23. The third-order valence-corrected chi connectivity index (χ3v) is 4.58. The van der Waals surface area contributed by atoms with E-state index in [1.807, 2.05) is 6.07 Å². The predicted molar refractivity (Wildman–Crippen MR) is 82.4 cm³/mol. The van der Waals surface area contributed by atoms with Crippen LogP contribution in [0.1, 0.15) is 43.5 Å². The van der Waals surface area contributed by atoms with Gasteiger partial charge in [-0.3, -0.25) is 0 Å². The molecule has 3 atom stereocenters. The molecule has 1 saturated carbocycles. The monoisotopic (exact) mass is 295 g/mol. The van der Waals surface area contributed by atoms with Crippen molar-refractivity contribution in [2.24, 2.45) is 11.8 Å². The average Bonchev–Trinajstić information content (AvgIpc) is 2.44. The molecule has 1 N–H and O–H groups in total. The van der Waals surface area contributed by atoms with E-state index in [1.54, 1.807) is 12.1 Å². The van der Waals surface area contributed by atoms with Gasteiger partial charge in [0, 0.05) is 16.8 Å². The molecule has 4 heteroatoms. The summed E-state index contributed by atoms with van der Waals surface area (Å²) in [5, 5.41) is 4.03. The quantitative estimate of drug-likeness (QED) is 0.842. The van der Waals surface area contributed by atoms with Gasteiger partial charge in [-0.25, -0.2) is 4.79 Å². The SMILES string of the molecule is COC(=O)c1cc(Cl)ccc1NC1CCC(C)C(C)C1. The highest BCUT2D eigenvalue weighted by atomic mass is 35.5. The zero-order valence-electron chi connectivity index (χ0n) is 12.3. The van der Waals surface area contributed by atoms with Crippen LogP contribution in [-0.4, -0.2) is 19.1 Å². The zero-order chi connectivity index (χ0) is 14.7. The third-order valence-electron chi connectivity index (χ3n) is 4.34. The minimum absolute atomic E-state index is 0.354. The number of halogens is 1. The van der Waals surface area contributed by atoms with Gasteiger partial charge < -0.3 is 10.1 Å². The van der Waals surface area contributed by atoms with Gasteiger partial charge in [0.2, 0.25) is 0 Å². The lowest BCUT2D eigenvalue weighted by Gasteiger charge is -2.33. The average molecular weight is 296 g/mol. The summed E-state index contributed by atoms with van der Waals surface area (Å²) in [7, 11) is 1.39. The van der Waals surface area contributed by atoms with E-state index in [4.69, 9.17) is 16.3 Å². The number of hydrogen-bond donors (Lipinski definition) is 1. The maximum atomic E-state index is 11.8. The number of carbonyl (C=O) groups is 1. The number of esters is 1. The smallest absolute Gasteiger partial charge is 0.340 e. The van der Waals surface area contributed by atoms with Crippen molar-refractivity contribution in [2.45, 2.75) is 39.2 Å². The van der Waals surface area contributed by atoms with Gasteiger partial charge in [0.25, 0.3) is 0 Å². The number of ether oxygens (including phenoxy) is 1. The van der Waals surface area contributed by atoms with E-state index in [1.165, 1.54) is 13.5 Å². The van der Waals surface area contributed by atoms with Crippen molar-refractivity contribution < 1.29 is 9.53 Å². The summed E-state index contributed by atoms with van der Waals surface area (Å²) in [6.07, 6.45) is 3.49. The lowest BCUT2D eigenvalue weighted by molar-refractivity contribution is 0.0601. The van der Waals surface area contributed by atoms with Gasteiger partial charge in [0.1, 0.15) is 0 Å². The maximum absolute atomic E-state index is 11.8. The fourth-order valence-corrected chi connectivity index (χ4v) is 2.99. The zero-order valence-corrected chi connectivity index (χ0v) is 13.0. The summed E-state index contributed by atoms with van der Waals surface area (Å²) in [5.41, 5.74) is 1.32. The van der Waals surface area contributed by atoms with Gasteiger partial charge in [-0.1, -0.05) is 25.4 Å². The summed E-state index contributed by atoms with van der Waals surface area (Å²) in [6, 6.07) is 5.72. The molecular formula is C16H22ClNO2. The van der Waals surface area contributed by atoms with Gasteiger partial charge in [0.15, 0.2) is 0 Å². The second-order valence-electron chi connectivity index (χ2n) is 5.79. The Labute approximate surface area is 125 Å². The first-order valence-corrected chi connectivity index (χ1v) is 7.53. The highest BCUT2D eigenvalue weighted by molar-refractivity contribution is 6.31. The van der Waals surface area contributed by atoms with E-state index >= 15 is 0 Å². The van der Waals surface area contributed by atoms with Crippen molar-refractivity contribution in [2.75, 3.05) is 12.4 Å². The molecule has 1 aromatic carbocycles. The highest BCUT2D eigenvalue weighted by Crippen LogP contribution is 2.32. The van der Waals surface area contributed by atoms with Crippen LogP contribution in [0, 0.1) is 11.8 Å². The van der Waals surface area contributed by atoms with Crippen LogP contribution in [0.2, 0.25) is 5.02 Å². The van der Waals surface area contributed by atoms with E-state index in [-0.39, 0.29) is 5.97 Å². The Morgan fingerprint density at radius 1 is 1.30 bits per heavy atom. The van der Waals surface area contributed by atoms with Crippen molar-refractivity contribution in [1.82, 2.24) is 0 Å². The molecule has 0 spiro atoms. The van der Waals surface area contributed by atoms with Crippen LogP contribution in [0.3, 0.4) is 0 Å². The first kappa shape index (κ1) is 15.2. The number of benzene rings is 1. The number of anilines is 1. The van der Waals surface area contributed by atoms with Crippen molar-refractivity contribution >= 4 is 23.3 Å². The van der Waals surface area contributed by atoms with E-state index in [0.717, 1.165) is 24.4 Å².